The van der Waals surface area contributed by atoms with E-state index in [1.807, 2.05) is 0 Å². The Hall–Kier alpha value is -0.0800. The van der Waals surface area contributed by atoms with Crippen molar-refractivity contribution in [3.63, 3.8) is 0 Å². The van der Waals surface area contributed by atoms with Crippen molar-refractivity contribution in [1.82, 2.24) is 10.2 Å². The first-order valence-electron chi connectivity index (χ1n) is 9.15. The summed E-state index contributed by atoms with van der Waals surface area (Å²) in [6.45, 7) is 13.3. The van der Waals surface area contributed by atoms with Gasteiger partial charge in [0.05, 0.1) is 0 Å². The van der Waals surface area contributed by atoms with Crippen molar-refractivity contribution in [2.75, 3.05) is 32.7 Å². The van der Waals surface area contributed by atoms with Gasteiger partial charge in [0.1, 0.15) is 0 Å². The number of unbranched alkanes of at least 4 members (excludes halogenated alkanes) is 5. The zero-order valence-electron chi connectivity index (χ0n) is 14.3. The molecular weight excluding hydrogens is 244 g/mol. The highest BCUT2D eigenvalue weighted by molar-refractivity contribution is 4.74. The van der Waals surface area contributed by atoms with E-state index >= 15 is 0 Å². The first kappa shape index (κ1) is 18.0. The molecule has 120 valence electrons. The van der Waals surface area contributed by atoms with Crippen LogP contribution in [0.2, 0.25) is 0 Å². The maximum absolute atomic E-state index is 3.62. The maximum Gasteiger partial charge on any atom is -0.00156 e. The molecule has 1 aliphatic rings. The minimum Gasteiger partial charge on any atom is -0.316 e. The van der Waals surface area contributed by atoms with Gasteiger partial charge < -0.3 is 10.2 Å². The summed E-state index contributed by atoms with van der Waals surface area (Å²) in [7, 11) is 0. The molecule has 1 rings (SSSR count). The van der Waals surface area contributed by atoms with Gasteiger partial charge in [-0.15, -0.1) is 0 Å². The number of nitrogens with zero attached hydrogens (tertiary/aromatic N) is 1. The van der Waals surface area contributed by atoms with Gasteiger partial charge in [0.2, 0.25) is 0 Å². The van der Waals surface area contributed by atoms with Gasteiger partial charge in [0, 0.05) is 0 Å². The molecule has 2 nitrogen and oxygen atoms in total. The third kappa shape index (κ3) is 8.97. The molecule has 20 heavy (non-hydrogen) atoms. The van der Waals surface area contributed by atoms with Crippen LogP contribution in [0, 0.1) is 11.8 Å². The lowest BCUT2D eigenvalue weighted by atomic mass is 9.96. The molecule has 1 saturated heterocycles. The van der Waals surface area contributed by atoms with Gasteiger partial charge >= 0.3 is 0 Å². The Bertz CT molecular complexity index is 207. The Labute approximate surface area is 127 Å². The summed E-state index contributed by atoms with van der Waals surface area (Å²) in [5.74, 6) is 1.71. The average Bonchev–Trinajstić information content (AvgIpc) is 2.44. The highest BCUT2D eigenvalue weighted by Gasteiger charge is 2.18. The molecule has 0 bridgehead atoms. The van der Waals surface area contributed by atoms with E-state index in [9.17, 15) is 0 Å². The minimum absolute atomic E-state index is 0.780. The maximum atomic E-state index is 3.62. The van der Waals surface area contributed by atoms with Crippen molar-refractivity contribution in [3.8, 4) is 0 Å². The van der Waals surface area contributed by atoms with Crippen LogP contribution < -0.4 is 5.32 Å². The summed E-state index contributed by atoms with van der Waals surface area (Å²) in [5, 5.41) is 3.62. The van der Waals surface area contributed by atoms with E-state index in [4.69, 9.17) is 0 Å². The Balaban J connectivity index is 1.93. The molecule has 0 saturated carbocycles. The van der Waals surface area contributed by atoms with E-state index in [1.165, 1.54) is 84.1 Å². The van der Waals surface area contributed by atoms with Crippen molar-refractivity contribution in [2.24, 2.45) is 11.8 Å². The highest BCUT2D eigenvalue weighted by Crippen LogP contribution is 2.17. The second-order valence-electron chi connectivity index (χ2n) is 7.10. The molecule has 1 fully saturated rings. The summed E-state index contributed by atoms with van der Waals surface area (Å²) in [4.78, 5) is 2.69. The van der Waals surface area contributed by atoms with E-state index in [-0.39, 0.29) is 0 Å². The number of hydrogen-bond acceptors (Lipinski definition) is 2. The Morgan fingerprint density at radius 3 is 2.30 bits per heavy atom. The van der Waals surface area contributed by atoms with Gasteiger partial charge in [-0.2, -0.15) is 0 Å². The highest BCUT2D eigenvalue weighted by atomic mass is 15.1. The number of hydrogen-bond donors (Lipinski definition) is 1. The average molecular weight is 283 g/mol. The van der Waals surface area contributed by atoms with Crippen molar-refractivity contribution in [3.05, 3.63) is 0 Å². The largest absolute Gasteiger partial charge is 0.316 e. The third-order valence-corrected chi connectivity index (χ3v) is 4.52. The molecule has 0 radical (unpaired) electrons. The summed E-state index contributed by atoms with van der Waals surface area (Å²) < 4.78 is 0. The van der Waals surface area contributed by atoms with Gasteiger partial charge in [-0.1, -0.05) is 52.9 Å². The molecule has 0 amide bonds. The van der Waals surface area contributed by atoms with Crippen LogP contribution in [0.25, 0.3) is 0 Å². The summed E-state index contributed by atoms with van der Waals surface area (Å²) in [6.07, 6.45) is 11.3. The Morgan fingerprint density at radius 1 is 1.00 bits per heavy atom. The van der Waals surface area contributed by atoms with E-state index < -0.39 is 0 Å². The monoisotopic (exact) mass is 282 g/mol. The van der Waals surface area contributed by atoms with Gasteiger partial charge in [-0.3, -0.25) is 0 Å². The van der Waals surface area contributed by atoms with Crippen LogP contribution in [0.15, 0.2) is 0 Å². The summed E-state index contributed by atoms with van der Waals surface area (Å²) >= 11 is 0. The van der Waals surface area contributed by atoms with Crippen molar-refractivity contribution in [1.29, 1.82) is 0 Å². The lowest BCUT2D eigenvalue weighted by Gasteiger charge is -2.32. The van der Waals surface area contributed by atoms with Crippen molar-refractivity contribution >= 4 is 0 Å². The SMILES string of the molecule is CCCCCCCCN1CCC(CNCC(C)C)CC1. The molecule has 1 aliphatic heterocycles. The topological polar surface area (TPSA) is 15.3 Å². The Kier molecular flexibility index (Phi) is 10.4. The van der Waals surface area contributed by atoms with Crippen LogP contribution in [0.4, 0.5) is 0 Å². The number of rotatable bonds is 11. The van der Waals surface area contributed by atoms with E-state index in [0.29, 0.717) is 0 Å². The van der Waals surface area contributed by atoms with E-state index in [2.05, 4.69) is 31.0 Å². The molecular formula is C18H38N2. The van der Waals surface area contributed by atoms with Crippen LogP contribution in [-0.2, 0) is 0 Å². The molecule has 1 heterocycles. The fourth-order valence-electron chi connectivity index (χ4n) is 3.11. The van der Waals surface area contributed by atoms with Crippen LogP contribution in [0.1, 0.15) is 72.1 Å². The van der Waals surface area contributed by atoms with Gasteiger partial charge in [-0.05, 0) is 63.8 Å². The second kappa shape index (κ2) is 11.6. The van der Waals surface area contributed by atoms with E-state index in [1.54, 1.807) is 0 Å². The smallest absolute Gasteiger partial charge is 0.00156 e. The molecule has 0 unspecified atom stereocenters. The van der Waals surface area contributed by atoms with Gasteiger partial charge in [-0.25, -0.2) is 0 Å². The predicted molar refractivity (Wildman–Crippen MR) is 90.2 cm³/mol. The zero-order chi connectivity index (χ0) is 14.6. The summed E-state index contributed by atoms with van der Waals surface area (Å²) in [5.41, 5.74) is 0. The normalized spacial score (nSPS) is 18.0. The van der Waals surface area contributed by atoms with Crippen molar-refractivity contribution < 1.29 is 0 Å². The molecule has 0 atom stereocenters. The van der Waals surface area contributed by atoms with Crippen molar-refractivity contribution in [2.45, 2.75) is 72.1 Å². The molecule has 2 heteroatoms. The molecule has 0 aliphatic carbocycles. The van der Waals surface area contributed by atoms with Crippen LogP contribution >= 0.6 is 0 Å². The quantitative estimate of drug-likeness (QED) is 0.568. The summed E-state index contributed by atoms with van der Waals surface area (Å²) in [6, 6.07) is 0. The first-order chi connectivity index (χ1) is 9.72. The fraction of sp³-hybridized carbons (Fsp3) is 1.00. The lowest BCUT2D eigenvalue weighted by Crippen LogP contribution is -2.38. The Morgan fingerprint density at radius 2 is 1.65 bits per heavy atom. The van der Waals surface area contributed by atoms with Gasteiger partial charge in [0.25, 0.3) is 0 Å². The van der Waals surface area contributed by atoms with E-state index in [0.717, 1.165) is 11.8 Å². The molecule has 0 aromatic carbocycles. The molecule has 0 aromatic rings. The van der Waals surface area contributed by atoms with Crippen LogP contribution in [-0.4, -0.2) is 37.6 Å². The van der Waals surface area contributed by atoms with Crippen LogP contribution in [0.5, 0.6) is 0 Å². The fourth-order valence-corrected chi connectivity index (χ4v) is 3.11. The van der Waals surface area contributed by atoms with Crippen LogP contribution in [0.3, 0.4) is 0 Å². The lowest BCUT2D eigenvalue weighted by molar-refractivity contribution is 0.178. The number of piperidine rings is 1. The standard InChI is InChI=1S/C18H38N2/c1-4-5-6-7-8-9-12-20-13-10-18(11-14-20)16-19-15-17(2)3/h17-19H,4-16H2,1-3H3. The number of nitrogens with one attached hydrogen (secondary N) is 1. The molecule has 0 aromatic heterocycles. The number of likely N-dealkylation sites (tertiary alicyclic amines) is 1. The zero-order valence-corrected chi connectivity index (χ0v) is 14.3. The predicted octanol–water partition coefficient (Wildman–Crippen LogP) is 4.30. The van der Waals surface area contributed by atoms with Gasteiger partial charge in [0.15, 0.2) is 0 Å². The third-order valence-electron chi connectivity index (χ3n) is 4.52. The second-order valence-corrected chi connectivity index (χ2v) is 7.10. The first-order valence-corrected chi connectivity index (χ1v) is 9.15. The molecule has 0 spiro atoms. The minimum atomic E-state index is 0.780. The molecule has 1 N–H and O–H groups in total.